The van der Waals surface area contributed by atoms with Gasteiger partial charge in [-0.2, -0.15) is 0 Å². The molecule has 0 spiro atoms. The number of hydrogen-bond acceptors (Lipinski definition) is 1. The molecule has 4 aliphatic carbocycles. The van der Waals surface area contributed by atoms with Gasteiger partial charge >= 0.3 is 0 Å². The summed E-state index contributed by atoms with van der Waals surface area (Å²) in [5, 5.41) is 10.2. The third kappa shape index (κ3) is 3.34. The van der Waals surface area contributed by atoms with Gasteiger partial charge in [-0.25, -0.2) is 0 Å². The first-order valence-corrected chi connectivity index (χ1v) is 12.3. The van der Waals surface area contributed by atoms with Crippen molar-refractivity contribution in [2.24, 2.45) is 40.4 Å². The molecule has 158 valence electrons. The van der Waals surface area contributed by atoms with Crippen molar-refractivity contribution >= 4 is 0 Å². The standard InChI is InChI=1S/C27H44O/c1-18(2)7-6-8-19(3)23-11-12-24-22-10-9-20-17-21(28)13-15-26(20,4)25(22)14-16-27(23,24)5/h7,9,19,21-25,28H,6,8,10-17H2,1-5H3/t19?,21?,22?,23?,24?,25?,26-,27+/m0/s1. The van der Waals surface area contributed by atoms with Gasteiger partial charge in [0.1, 0.15) is 0 Å². The fraction of sp³-hybridized carbons (Fsp3) is 0.852. The molecule has 1 nitrogen and oxygen atoms in total. The monoisotopic (exact) mass is 384 g/mol. The van der Waals surface area contributed by atoms with E-state index in [4.69, 9.17) is 0 Å². The van der Waals surface area contributed by atoms with Crippen molar-refractivity contribution < 1.29 is 5.11 Å². The first kappa shape index (κ1) is 20.7. The molecule has 0 saturated heterocycles. The van der Waals surface area contributed by atoms with Crippen molar-refractivity contribution in [2.75, 3.05) is 0 Å². The predicted octanol–water partition coefficient (Wildman–Crippen LogP) is 7.31. The van der Waals surface area contributed by atoms with Crippen molar-refractivity contribution in [1.29, 1.82) is 0 Å². The minimum absolute atomic E-state index is 0.0813. The molecule has 0 aromatic heterocycles. The van der Waals surface area contributed by atoms with Gasteiger partial charge < -0.3 is 5.11 Å². The Balaban J connectivity index is 1.51. The van der Waals surface area contributed by atoms with Crippen LogP contribution in [0.3, 0.4) is 0 Å². The van der Waals surface area contributed by atoms with Crippen LogP contribution in [-0.4, -0.2) is 11.2 Å². The smallest absolute Gasteiger partial charge is 0.0577 e. The van der Waals surface area contributed by atoms with Crippen LogP contribution in [0.2, 0.25) is 0 Å². The highest BCUT2D eigenvalue weighted by Gasteiger charge is 2.58. The molecule has 6 unspecified atom stereocenters. The molecular formula is C27H44O. The lowest BCUT2D eigenvalue weighted by Gasteiger charge is -2.58. The van der Waals surface area contributed by atoms with E-state index in [0.29, 0.717) is 10.8 Å². The lowest BCUT2D eigenvalue weighted by atomic mass is 9.47. The number of hydrogen-bond donors (Lipinski definition) is 1. The normalized spacial score (nSPS) is 46.1. The zero-order chi connectivity index (χ0) is 20.1. The van der Waals surface area contributed by atoms with E-state index in [1.165, 1.54) is 56.9 Å². The quantitative estimate of drug-likeness (QED) is 0.504. The van der Waals surface area contributed by atoms with Crippen molar-refractivity contribution in [3.05, 3.63) is 23.3 Å². The molecule has 0 radical (unpaired) electrons. The summed E-state index contributed by atoms with van der Waals surface area (Å²) in [7, 11) is 0. The summed E-state index contributed by atoms with van der Waals surface area (Å²) in [6.45, 7) is 12.2. The van der Waals surface area contributed by atoms with Crippen molar-refractivity contribution in [2.45, 2.75) is 105 Å². The Bertz CT molecular complexity index is 641. The van der Waals surface area contributed by atoms with E-state index in [0.717, 1.165) is 42.4 Å². The fourth-order valence-electron chi connectivity index (χ4n) is 8.45. The van der Waals surface area contributed by atoms with Crippen LogP contribution in [0.15, 0.2) is 23.3 Å². The average molecular weight is 385 g/mol. The number of aliphatic hydroxyl groups excluding tert-OH is 1. The SMILES string of the molecule is CC(C)=CCCC(C)C1CCC2C3CC=C4CC(O)CC[C@]4(C)C3CC[C@]12C. The maximum Gasteiger partial charge on any atom is 0.0577 e. The highest BCUT2D eigenvalue weighted by atomic mass is 16.3. The van der Waals surface area contributed by atoms with Crippen molar-refractivity contribution in [1.82, 2.24) is 0 Å². The van der Waals surface area contributed by atoms with Gasteiger partial charge in [0.2, 0.25) is 0 Å². The number of aliphatic hydroxyl groups is 1. The highest BCUT2D eigenvalue weighted by molar-refractivity contribution is 5.25. The first-order chi connectivity index (χ1) is 13.3. The van der Waals surface area contributed by atoms with Crippen LogP contribution in [0.4, 0.5) is 0 Å². The van der Waals surface area contributed by atoms with Gasteiger partial charge in [0.05, 0.1) is 6.10 Å². The summed E-state index contributed by atoms with van der Waals surface area (Å²) < 4.78 is 0. The highest BCUT2D eigenvalue weighted by Crippen LogP contribution is 2.67. The van der Waals surface area contributed by atoms with E-state index in [1.54, 1.807) is 5.57 Å². The number of rotatable bonds is 4. The number of allylic oxidation sites excluding steroid dienone is 3. The van der Waals surface area contributed by atoms with Crippen LogP contribution in [0, 0.1) is 40.4 Å². The second kappa shape index (κ2) is 7.60. The summed E-state index contributed by atoms with van der Waals surface area (Å²) in [5.41, 5.74) is 4.04. The average Bonchev–Trinajstić information content (AvgIpc) is 2.99. The molecule has 3 fully saturated rings. The minimum atomic E-state index is -0.0813. The van der Waals surface area contributed by atoms with Gasteiger partial charge in [-0.3, -0.25) is 0 Å². The molecule has 4 rings (SSSR count). The lowest BCUT2D eigenvalue weighted by Crippen LogP contribution is -2.50. The van der Waals surface area contributed by atoms with Gasteiger partial charge in [0, 0.05) is 0 Å². The molecule has 8 atom stereocenters. The maximum atomic E-state index is 10.2. The van der Waals surface area contributed by atoms with Crippen LogP contribution in [0.1, 0.15) is 98.8 Å². The van der Waals surface area contributed by atoms with Crippen LogP contribution >= 0.6 is 0 Å². The maximum absolute atomic E-state index is 10.2. The summed E-state index contributed by atoms with van der Waals surface area (Å²) in [6, 6.07) is 0. The van der Waals surface area contributed by atoms with Crippen molar-refractivity contribution in [3.8, 4) is 0 Å². The summed E-state index contributed by atoms with van der Waals surface area (Å²) >= 11 is 0. The first-order valence-electron chi connectivity index (χ1n) is 12.3. The van der Waals surface area contributed by atoms with Gasteiger partial charge in [0.25, 0.3) is 0 Å². The second-order valence-electron chi connectivity index (χ2n) is 11.7. The molecular weight excluding hydrogens is 340 g/mol. The Hall–Kier alpha value is -0.560. The molecule has 28 heavy (non-hydrogen) atoms. The van der Waals surface area contributed by atoms with Crippen molar-refractivity contribution in [3.63, 3.8) is 0 Å². The molecule has 0 aromatic carbocycles. The molecule has 3 saturated carbocycles. The molecule has 0 heterocycles. The second-order valence-corrected chi connectivity index (χ2v) is 11.7. The van der Waals surface area contributed by atoms with Crippen LogP contribution in [0.5, 0.6) is 0 Å². The third-order valence-corrected chi connectivity index (χ3v) is 10.0. The molecule has 0 amide bonds. The van der Waals surface area contributed by atoms with Gasteiger partial charge in [-0.15, -0.1) is 0 Å². The summed E-state index contributed by atoms with van der Waals surface area (Å²) in [4.78, 5) is 0. The Morgan fingerprint density at radius 2 is 1.93 bits per heavy atom. The summed E-state index contributed by atoms with van der Waals surface area (Å²) in [5.74, 6) is 4.49. The topological polar surface area (TPSA) is 20.2 Å². The van der Waals surface area contributed by atoms with Crippen LogP contribution in [-0.2, 0) is 0 Å². The zero-order valence-corrected chi connectivity index (χ0v) is 19.1. The molecule has 1 heteroatoms. The third-order valence-electron chi connectivity index (χ3n) is 10.0. The predicted molar refractivity (Wildman–Crippen MR) is 119 cm³/mol. The zero-order valence-electron chi connectivity index (χ0n) is 19.1. The van der Waals surface area contributed by atoms with Gasteiger partial charge in [0.15, 0.2) is 0 Å². The number of fused-ring (bicyclic) bond motifs is 5. The van der Waals surface area contributed by atoms with E-state index in [-0.39, 0.29) is 6.10 Å². The van der Waals surface area contributed by atoms with E-state index >= 15 is 0 Å². The Morgan fingerprint density at radius 3 is 2.68 bits per heavy atom. The molecule has 0 aromatic rings. The largest absolute Gasteiger partial charge is 0.393 e. The summed E-state index contributed by atoms with van der Waals surface area (Å²) in [6.07, 6.45) is 17.9. The van der Waals surface area contributed by atoms with E-state index in [2.05, 4.69) is 46.8 Å². The van der Waals surface area contributed by atoms with E-state index in [9.17, 15) is 5.11 Å². The minimum Gasteiger partial charge on any atom is -0.393 e. The Labute approximate surface area is 174 Å². The molecule has 0 aliphatic heterocycles. The fourth-order valence-corrected chi connectivity index (χ4v) is 8.45. The van der Waals surface area contributed by atoms with Crippen LogP contribution in [0.25, 0.3) is 0 Å². The Kier molecular flexibility index (Phi) is 5.62. The van der Waals surface area contributed by atoms with Gasteiger partial charge in [-0.1, -0.05) is 44.1 Å². The van der Waals surface area contributed by atoms with Gasteiger partial charge in [-0.05, 0) is 118 Å². The Morgan fingerprint density at radius 1 is 1.14 bits per heavy atom. The van der Waals surface area contributed by atoms with E-state index in [1.807, 2.05) is 0 Å². The lowest BCUT2D eigenvalue weighted by molar-refractivity contribution is -0.0571. The van der Waals surface area contributed by atoms with E-state index < -0.39 is 0 Å². The molecule has 4 aliphatic rings. The molecule has 1 N–H and O–H groups in total. The van der Waals surface area contributed by atoms with Crippen LogP contribution < -0.4 is 0 Å². The molecule has 0 bridgehead atoms.